The zero-order chi connectivity index (χ0) is 13.1. The van der Waals surface area contributed by atoms with Crippen molar-refractivity contribution in [1.82, 2.24) is 15.6 Å². The lowest BCUT2D eigenvalue weighted by Gasteiger charge is -2.21. The molecule has 0 bridgehead atoms. The van der Waals surface area contributed by atoms with E-state index in [0.29, 0.717) is 12.1 Å². The first-order valence-electron chi connectivity index (χ1n) is 5.41. The van der Waals surface area contributed by atoms with E-state index in [0.717, 1.165) is 0 Å². The van der Waals surface area contributed by atoms with Gasteiger partial charge in [0, 0.05) is 18.8 Å². The molecule has 1 aliphatic heterocycles. The molecule has 2 heterocycles. The molecule has 1 aromatic heterocycles. The third-order valence-corrected chi connectivity index (χ3v) is 2.57. The van der Waals surface area contributed by atoms with Gasteiger partial charge in [0.1, 0.15) is 6.04 Å². The summed E-state index contributed by atoms with van der Waals surface area (Å²) in [6.45, 7) is 0. The Hall–Kier alpha value is -2.44. The SMILES string of the molecule is Nc1cncc(C(=O)NC2CCC(=O)NC2=O)c1. The molecule has 0 aliphatic carbocycles. The monoisotopic (exact) mass is 248 g/mol. The van der Waals surface area contributed by atoms with E-state index in [1.54, 1.807) is 0 Å². The Morgan fingerprint density at radius 1 is 1.44 bits per heavy atom. The van der Waals surface area contributed by atoms with Crippen LogP contribution < -0.4 is 16.4 Å². The van der Waals surface area contributed by atoms with Crippen molar-refractivity contribution in [3.05, 3.63) is 24.0 Å². The predicted molar refractivity (Wildman–Crippen MR) is 62.3 cm³/mol. The van der Waals surface area contributed by atoms with Gasteiger partial charge < -0.3 is 11.1 Å². The van der Waals surface area contributed by atoms with Crippen LogP contribution in [0.4, 0.5) is 5.69 Å². The van der Waals surface area contributed by atoms with Crippen LogP contribution in [0.2, 0.25) is 0 Å². The van der Waals surface area contributed by atoms with Crippen LogP contribution in [0.3, 0.4) is 0 Å². The van der Waals surface area contributed by atoms with Gasteiger partial charge >= 0.3 is 0 Å². The molecule has 3 amide bonds. The van der Waals surface area contributed by atoms with Crippen molar-refractivity contribution in [2.24, 2.45) is 0 Å². The predicted octanol–water partition coefficient (Wildman–Crippen LogP) is -0.801. The highest BCUT2D eigenvalue weighted by Crippen LogP contribution is 2.07. The Labute approximate surface area is 103 Å². The molecule has 0 spiro atoms. The number of carbonyl (C=O) groups is 3. The van der Waals surface area contributed by atoms with Gasteiger partial charge in [-0.3, -0.25) is 24.7 Å². The number of carbonyl (C=O) groups excluding carboxylic acids is 3. The summed E-state index contributed by atoms with van der Waals surface area (Å²) in [6.07, 6.45) is 3.29. The van der Waals surface area contributed by atoms with Crippen LogP contribution in [0.15, 0.2) is 18.5 Å². The van der Waals surface area contributed by atoms with Crippen molar-refractivity contribution in [2.45, 2.75) is 18.9 Å². The van der Waals surface area contributed by atoms with Crippen LogP contribution in [0, 0.1) is 0 Å². The van der Waals surface area contributed by atoms with Gasteiger partial charge in [0.05, 0.1) is 11.3 Å². The van der Waals surface area contributed by atoms with E-state index < -0.39 is 17.9 Å². The highest BCUT2D eigenvalue weighted by atomic mass is 16.2. The van der Waals surface area contributed by atoms with E-state index in [4.69, 9.17) is 5.73 Å². The number of anilines is 1. The fourth-order valence-electron chi connectivity index (χ4n) is 1.65. The first kappa shape index (κ1) is 12.0. The molecule has 1 saturated heterocycles. The van der Waals surface area contributed by atoms with E-state index in [1.165, 1.54) is 18.5 Å². The molecule has 18 heavy (non-hydrogen) atoms. The number of piperidine rings is 1. The van der Waals surface area contributed by atoms with Crippen molar-refractivity contribution in [3.63, 3.8) is 0 Å². The van der Waals surface area contributed by atoms with Crippen LogP contribution >= 0.6 is 0 Å². The van der Waals surface area contributed by atoms with Gasteiger partial charge in [-0.25, -0.2) is 0 Å². The highest BCUT2D eigenvalue weighted by molar-refractivity contribution is 6.03. The molecule has 0 aromatic carbocycles. The van der Waals surface area contributed by atoms with Crippen molar-refractivity contribution in [2.75, 3.05) is 5.73 Å². The van der Waals surface area contributed by atoms with Gasteiger partial charge in [-0.1, -0.05) is 0 Å². The normalized spacial score (nSPS) is 19.2. The van der Waals surface area contributed by atoms with Crippen LogP contribution in [0.25, 0.3) is 0 Å². The Kier molecular flexibility index (Phi) is 3.22. The summed E-state index contributed by atoms with van der Waals surface area (Å²) in [5, 5.41) is 4.70. The minimum absolute atomic E-state index is 0.214. The Morgan fingerprint density at radius 3 is 2.89 bits per heavy atom. The van der Waals surface area contributed by atoms with E-state index in [-0.39, 0.29) is 17.9 Å². The second-order valence-corrected chi connectivity index (χ2v) is 3.98. The lowest BCUT2D eigenvalue weighted by Crippen LogP contribution is -2.52. The number of nitrogens with two attached hydrogens (primary N) is 1. The molecule has 2 rings (SSSR count). The Morgan fingerprint density at radius 2 is 2.22 bits per heavy atom. The lowest BCUT2D eigenvalue weighted by atomic mass is 10.1. The molecule has 4 N–H and O–H groups in total. The minimum Gasteiger partial charge on any atom is -0.397 e. The first-order chi connectivity index (χ1) is 8.56. The summed E-state index contributed by atoms with van der Waals surface area (Å²) >= 11 is 0. The summed E-state index contributed by atoms with van der Waals surface area (Å²) in [5.74, 6) is -1.25. The molecular weight excluding hydrogens is 236 g/mol. The Balaban J connectivity index is 2.03. The average Bonchev–Trinajstić information content (AvgIpc) is 2.32. The molecule has 1 atom stereocenters. The van der Waals surface area contributed by atoms with Crippen LogP contribution in [0.1, 0.15) is 23.2 Å². The number of pyridine rings is 1. The maximum atomic E-state index is 11.8. The van der Waals surface area contributed by atoms with Crippen molar-refractivity contribution in [3.8, 4) is 0 Å². The number of nitrogens with one attached hydrogen (secondary N) is 2. The zero-order valence-electron chi connectivity index (χ0n) is 9.47. The first-order valence-corrected chi connectivity index (χ1v) is 5.41. The third kappa shape index (κ3) is 2.62. The topological polar surface area (TPSA) is 114 Å². The van der Waals surface area contributed by atoms with Gasteiger partial charge in [0.25, 0.3) is 5.91 Å². The number of hydrogen-bond acceptors (Lipinski definition) is 5. The van der Waals surface area contributed by atoms with E-state index in [9.17, 15) is 14.4 Å². The minimum atomic E-state index is -0.698. The molecule has 1 fully saturated rings. The molecule has 7 heteroatoms. The number of amides is 3. The zero-order valence-corrected chi connectivity index (χ0v) is 9.47. The summed E-state index contributed by atoms with van der Waals surface area (Å²) in [6, 6.07) is 0.769. The fraction of sp³-hybridized carbons (Fsp3) is 0.273. The quantitative estimate of drug-likeness (QED) is 0.593. The van der Waals surface area contributed by atoms with Crippen molar-refractivity contribution >= 4 is 23.4 Å². The van der Waals surface area contributed by atoms with Crippen molar-refractivity contribution in [1.29, 1.82) is 0 Å². The average molecular weight is 248 g/mol. The van der Waals surface area contributed by atoms with Crippen molar-refractivity contribution < 1.29 is 14.4 Å². The number of nitrogen functional groups attached to an aromatic ring is 1. The summed E-state index contributed by atoms with van der Waals surface area (Å²) in [5.41, 5.74) is 6.15. The van der Waals surface area contributed by atoms with E-state index in [2.05, 4.69) is 15.6 Å². The molecule has 0 radical (unpaired) electrons. The second-order valence-electron chi connectivity index (χ2n) is 3.98. The summed E-state index contributed by atoms with van der Waals surface area (Å²) in [4.78, 5) is 38.0. The number of rotatable bonds is 2. The largest absolute Gasteiger partial charge is 0.397 e. The number of imide groups is 1. The molecule has 1 aliphatic rings. The lowest BCUT2D eigenvalue weighted by molar-refractivity contribution is -0.134. The number of hydrogen-bond donors (Lipinski definition) is 3. The number of aromatic nitrogens is 1. The van der Waals surface area contributed by atoms with E-state index in [1.807, 2.05) is 0 Å². The van der Waals surface area contributed by atoms with Crippen LogP contribution in [-0.4, -0.2) is 28.7 Å². The van der Waals surface area contributed by atoms with E-state index >= 15 is 0 Å². The molecule has 1 aromatic rings. The number of nitrogens with zero attached hydrogens (tertiary/aromatic N) is 1. The second kappa shape index (κ2) is 4.82. The van der Waals surface area contributed by atoms with Crippen LogP contribution in [-0.2, 0) is 9.59 Å². The van der Waals surface area contributed by atoms with Gasteiger partial charge in [-0.15, -0.1) is 0 Å². The van der Waals surface area contributed by atoms with Gasteiger partial charge in [0.2, 0.25) is 11.8 Å². The van der Waals surface area contributed by atoms with Gasteiger partial charge in [-0.05, 0) is 12.5 Å². The molecule has 0 saturated carbocycles. The smallest absolute Gasteiger partial charge is 0.253 e. The standard InChI is InChI=1S/C11H12N4O3/c12-7-3-6(4-13-5-7)10(17)14-8-1-2-9(16)15-11(8)18/h3-5,8H,1-2,12H2,(H,14,17)(H,15,16,18). The van der Waals surface area contributed by atoms with Gasteiger partial charge in [-0.2, -0.15) is 0 Å². The molecule has 94 valence electrons. The maximum Gasteiger partial charge on any atom is 0.253 e. The van der Waals surface area contributed by atoms with Crippen LogP contribution in [0.5, 0.6) is 0 Å². The fourth-order valence-corrected chi connectivity index (χ4v) is 1.65. The molecular formula is C11H12N4O3. The van der Waals surface area contributed by atoms with Gasteiger partial charge in [0.15, 0.2) is 0 Å². The third-order valence-electron chi connectivity index (χ3n) is 2.57. The maximum absolute atomic E-state index is 11.8. The molecule has 7 nitrogen and oxygen atoms in total. The summed E-state index contributed by atoms with van der Waals surface area (Å²) < 4.78 is 0. The Bertz CT molecular complexity index is 515. The summed E-state index contributed by atoms with van der Waals surface area (Å²) in [7, 11) is 0. The molecule has 1 unspecified atom stereocenters. The highest BCUT2D eigenvalue weighted by Gasteiger charge is 2.28.